The van der Waals surface area contributed by atoms with Gasteiger partial charge in [0.15, 0.2) is 0 Å². The fraction of sp³-hybridized carbons (Fsp3) is 0.812. The zero-order valence-electron chi connectivity index (χ0n) is 16.3. The Hall–Kier alpha value is -2.35. The van der Waals surface area contributed by atoms with Gasteiger partial charge in [0.25, 0.3) is 0 Å². The molecule has 1 saturated heterocycles. The van der Waals surface area contributed by atoms with Crippen LogP contribution in [0.1, 0.15) is 6.92 Å². The van der Waals surface area contributed by atoms with Gasteiger partial charge >= 0.3 is 18.3 Å². The molecule has 1 fully saturated rings. The zero-order chi connectivity index (χ0) is 22.2. The van der Waals surface area contributed by atoms with Crippen LogP contribution in [0, 0.1) is 0 Å². The smallest absolute Gasteiger partial charge is 0.407 e. The Morgan fingerprint density at radius 1 is 0.828 bits per heavy atom. The highest BCUT2D eigenvalue weighted by molar-refractivity contribution is 5.67. The predicted molar refractivity (Wildman–Crippen MR) is 98.9 cm³/mol. The van der Waals surface area contributed by atoms with Crippen molar-refractivity contribution in [3.63, 3.8) is 0 Å². The maximum Gasteiger partial charge on any atom is 0.407 e. The quantitative estimate of drug-likeness (QED) is 0.306. The first kappa shape index (κ1) is 24.7. The third-order valence-corrected chi connectivity index (χ3v) is 4.89. The van der Waals surface area contributed by atoms with Gasteiger partial charge in [-0.3, -0.25) is 4.90 Å². The Morgan fingerprint density at radius 2 is 1.31 bits per heavy atom. The summed E-state index contributed by atoms with van der Waals surface area (Å²) in [6.45, 7) is -0.373. The average Bonchev–Trinajstić information content (AvgIpc) is 2.64. The van der Waals surface area contributed by atoms with Crippen molar-refractivity contribution in [1.29, 1.82) is 0 Å². The van der Waals surface area contributed by atoms with Crippen molar-refractivity contribution in [3.05, 3.63) is 0 Å². The molecule has 3 amide bonds. The summed E-state index contributed by atoms with van der Waals surface area (Å²) in [5.41, 5.74) is -1.83. The van der Waals surface area contributed by atoms with Crippen molar-refractivity contribution in [3.8, 4) is 0 Å². The van der Waals surface area contributed by atoms with E-state index in [-0.39, 0.29) is 52.4 Å². The lowest BCUT2D eigenvalue weighted by Crippen LogP contribution is -2.55. The molecule has 1 heterocycles. The SMILES string of the molecule is CC1CN(C(=O)O)CCN(C(=O)O)CCN(CC(O)(CO)CO)CCN1C(=O)O. The normalized spacial score (nSPS) is 20.7. The van der Waals surface area contributed by atoms with Gasteiger partial charge in [-0.05, 0) is 6.92 Å². The minimum Gasteiger partial charge on any atom is -0.465 e. The van der Waals surface area contributed by atoms with Gasteiger partial charge in [-0.1, -0.05) is 0 Å². The first-order chi connectivity index (χ1) is 13.5. The minimum atomic E-state index is -1.83. The molecule has 29 heavy (non-hydrogen) atoms. The van der Waals surface area contributed by atoms with Crippen molar-refractivity contribution in [1.82, 2.24) is 19.6 Å². The van der Waals surface area contributed by atoms with Gasteiger partial charge in [-0.15, -0.1) is 0 Å². The van der Waals surface area contributed by atoms with Crippen molar-refractivity contribution in [2.45, 2.75) is 18.6 Å². The highest BCUT2D eigenvalue weighted by Crippen LogP contribution is 2.10. The number of aliphatic hydroxyl groups excluding tert-OH is 2. The lowest BCUT2D eigenvalue weighted by atomic mass is 10.1. The molecule has 0 saturated carbocycles. The average molecular weight is 422 g/mol. The van der Waals surface area contributed by atoms with Crippen molar-refractivity contribution in [2.24, 2.45) is 0 Å². The maximum absolute atomic E-state index is 11.6. The number of carboxylic acid groups (broad SMARTS) is 3. The lowest BCUT2D eigenvalue weighted by Gasteiger charge is -2.37. The van der Waals surface area contributed by atoms with E-state index in [1.54, 1.807) is 11.8 Å². The van der Waals surface area contributed by atoms with Gasteiger partial charge in [0.1, 0.15) is 5.60 Å². The molecule has 0 radical (unpaired) electrons. The van der Waals surface area contributed by atoms with Crippen LogP contribution in [0.5, 0.6) is 0 Å². The second kappa shape index (κ2) is 11.0. The number of hydrogen-bond donors (Lipinski definition) is 6. The standard InChI is InChI=1S/C16H30N4O9/c1-12-8-19(14(25)26)6-5-18(13(23)24)4-2-17(3-7-20(12)15(27)28)9-16(29,10-21)11-22/h12,21-22,29H,2-11H2,1H3,(H,23,24)(H,25,26)(H,27,28). The Morgan fingerprint density at radius 3 is 1.79 bits per heavy atom. The van der Waals surface area contributed by atoms with Crippen molar-refractivity contribution < 1.29 is 45.0 Å². The molecule has 0 aromatic heterocycles. The van der Waals surface area contributed by atoms with Gasteiger partial charge < -0.3 is 45.3 Å². The molecule has 1 aliphatic heterocycles. The molecule has 0 aromatic rings. The molecule has 1 aliphatic rings. The Bertz CT molecular complexity index is 573. The molecule has 1 atom stereocenters. The number of rotatable bonds is 4. The summed E-state index contributed by atoms with van der Waals surface area (Å²) >= 11 is 0. The third kappa shape index (κ3) is 7.53. The molecule has 0 aromatic carbocycles. The van der Waals surface area contributed by atoms with Gasteiger partial charge in [-0.25, -0.2) is 14.4 Å². The van der Waals surface area contributed by atoms with E-state index in [0.717, 1.165) is 14.7 Å². The number of β-amino-alcohol motifs (C(OH)–C–C–N with tert-alkyl or cyclic N) is 1. The molecular formula is C16H30N4O9. The van der Waals surface area contributed by atoms with E-state index in [4.69, 9.17) is 0 Å². The molecule has 13 nitrogen and oxygen atoms in total. The summed E-state index contributed by atoms with van der Waals surface area (Å²) in [5, 5.41) is 57.0. The monoisotopic (exact) mass is 422 g/mol. The third-order valence-electron chi connectivity index (χ3n) is 4.89. The van der Waals surface area contributed by atoms with Crippen molar-refractivity contribution >= 4 is 18.3 Å². The summed E-state index contributed by atoms with van der Waals surface area (Å²) in [5.74, 6) is 0. The van der Waals surface area contributed by atoms with Gasteiger partial charge in [0.05, 0.1) is 13.2 Å². The minimum absolute atomic E-state index is 0.0294. The van der Waals surface area contributed by atoms with E-state index < -0.39 is 43.1 Å². The summed E-state index contributed by atoms with van der Waals surface area (Å²) in [4.78, 5) is 39.2. The van der Waals surface area contributed by atoms with Crippen LogP contribution >= 0.6 is 0 Å². The number of hydrogen-bond acceptors (Lipinski definition) is 7. The van der Waals surface area contributed by atoms with E-state index in [1.165, 1.54) is 0 Å². The predicted octanol–water partition coefficient (Wildman–Crippen LogP) is -1.65. The number of nitrogens with zero attached hydrogens (tertiary/aromatic N) is 4. The first-order valence-corrected chi connectivity index (χ1v) is 9.14. The van der Waals surface area contributed by atoms with E-state index >= 15 is 0 Å². The van der Waals surface area contributed by atoms with Gasteiger partial charge in [0, 0.05) is 58.4 Å². The molecule has 6 N–H and O–H groups in total. The van der Waals surface area contributed by atoms with E-state index in [9.17, 15) is 45.0 Å². The Labute approximate surface area is 167 Å². The summed E-state index contributed by atoms with van der Waals surface area (Å²) in [6, 6.07) is -0.697. The van der Waals surface area contributed by atoms with Crippen LogP contribution in [0.25, 0.3) is 0 Å². The van der Waals surface area contributed by atoms with Crippen LogP contribution in [0.3, 0.4) is 0 Å². The molecule has 0 bridgehead atoms. The molecular weight excluding hydrogens is 392 g/mol. The van der Waals surface area contributed by atoms with Crippen LogP contribution in [0.4, 0.5) is 14.4 Å². The molecule has 1 unspecified atom stereocenters. The van der Waals surface area contributed by atoms with Crippen molar-refractivity contribution in [2.75, 3.05) is 65.6 Å². The lowest BCUT2D eigenvalue weighted by molar-refractivity contribution is -0.0758. The number of aliphatic hydroxyl groups is 3. The fourth-order valence-electron chi connectivity index (χ4n) is 3.08. The van der Waals surface area contributed by atoms with Gasteiger partial charge in [0.2, 0.25) is 0 Å². The Kier molecular flexibility index (Phi) is 9.36. The first-order valence-electron chi connectivity index (χ1n) is 9.14. The van der Waals surface area contributed by atoms with E-state index in [2.05, 4.69) is 0 Å². The molecule has 1 rings (SSSR count). The molecule has 168 valence electrons. The highest BCUT2D eigenvalue weighted by atomic mass is 16.4. The summed E-state index contributed by atoms with van der Waals surface area (Å²) in [6.07, 6.45) is -3.76. The number of carbonyl (C=O) groups is 3. The van der Waals surface area contributed by atoms with E-state index in [1.807, 2.05) is 0 Å². The second-order valence-corrected chi connectivity index (χ2v) is 7.14. The largest absolute Gasteiger partial charge is 0.465 e. The molecule has 0 spiro atoms. The van der Waals surface area contributed by atoms with E-state index in [0.29, 0.717) is 0 Å². The van der Waals surface area contributed by atoms with Crippen LogP contribution < -0.4 is 0 Å². The fourth-order valence-corrected chi connectivity index (χ4v) is 3.08. The van der Waals surface area contributed by atoms with Gasteiger partial charge in [-0.2, -0.15) is 0 Å². The highest BCUT2D eigenvalue weighted by Gasteiger charge is 2.31. The number of amides is 3. The van der Waals surface area contributed by atoms with Crippen LogP contribution in [0.2, 0.25) is 0 Å². The van der Waals surface area contributed by atoms with Crippen LogP contribution in [-0.2, 0) is 0 Å². The van der Waals surface area contributed by atoms with Crippen LogP contribution in [-0.4, -0.2) is 146 Å². The topological polar surface area (TPSA) is 186 Å². The second-order valence-electron chi connectivity index (χ2n) is 7.14. The molecule has 13 heteroatoms. The van der Waals surface area contributed by atoms with Crippen LogP contribution in [0.15, 0.2) is 0 Å². The Balaban J connectivity index is 3.09. The summed E-state index contributed by atoms with van der Waals surface area (Å²) in [7, 11) is 0. The zero-order valence-corrected chi connectivity index (χ0v) is 16.3. The maximum atomic E-state index is 11.6. The summed E-state index contributed by atoms with van der Waals surface area (Å²) < 4.78 is 0. The molecule has 0 aliphatic carbocycles.